The minimum Gasteiger partial charge on any atom is -0.457 e. The zero-order chi connectivity index (χ0) is 19.9. The van der Waals surface area contributed by atoms with Gasteiger partial charge in [0.05, 0.1) is 0 Å². The van der Waals surface area contributed by atoms with Crippen LogP contribution in [0.25, 0.3) is 0 Å². The van der Waals surface area contributed by atoms with E-state index in [4.69, 9.17) is 9.47 Å². The van der Waals surface area contributed by atoms with Gasteiger partial charge in [-0.05, 0) is 72.8 Å². The molecular formula is C25H19NO3. The molecule has 0 radical (unpaired) electrons. The van der Waals surface area contributed by atoms with Gasteiger partial charge in [-0.3, -0.25) is 4.79 Å². The third kappa shape index (κ3) is 5.02. The molecular weight excluding hydrogens is 362 g/mol. The maximum atomic E-state index is 12.5. The summed E-state index contributed by atoms with van der Waals surface area (Å²) in [5.74, 6) is 2.71. The Bertz CT molecular complexity index is 1060. The second kappa shape index (κ2) is 8.76. The zero-order valence-electron chi connectivity index (χ0n) is 15.6. The Labute approximate surface area is 169 Å². The van der Waals surface area contributed by atoms with Crippen LogP contribution in [0.4, 0.5) is 5.69 Å². The molecule has 4 aromatic rings. The molecule has 0 fully saturated rings. The third-order valence-electron chi connectivity index (χ3n) is 4.19. The maximum Gasteiger partial charge on any atom is 0.255 e. The zero-order valence-corrected chi connectivity index (χ0v) is 15.6. The van der Waals surface area contributed by atoms with E-state index in [1.807, 2.05) is 84.9 Å². The molecule has 4 heteroatoms. The molecule has 0 atom stereocenters. The van der Waals surface area contributed by atoms with Crippen molar-refractivity contribution >= 4 is 11.6 Å². The molecule has 0 heterocycles. The average Bonchev–Trinajstić information content (AvgIpc) is 2.77. The Hall–Kier alpha value is -4.05. The van der Waals surface area contributed by atoms with E-state index in [-0.39, 0.29) is 5.91 Å². The van der Waals surface area contributed by atoms with Crippen molar-refractivity contribution in [3.05, 3.63) is 115 Å². The van der Waals surface area contributed by atoms with Crippen molar-refractivity contribution in [3.8, 4) is 23.0 Å². The van der Waals surface area contributed by atoms with Gasteiger partial charge in [0.1, 0.15) is 23.0 Å². The van der Waals surface area contributed by atoms with Crippen LogP contribution in [-0.2, 0) is 0 Å². The van der Waals surface area contributed by atoms with Crippen molar-refractivity contribution in [1.82, 2.24) is 0 Å². The van der Waals surface area contributed by atoms with E-state index in [1.54, 1.807) is 24.3 Å². The number of ether oxygens (including phenoxy) is 2. The lowest BCUT2D eigenvalue weighted by Gasteiger charge is -2.09. The van der Waals surface area contributed by atoms with Crippen molar-refractivity contribution < 1.29 is 14.3 Å². The molecule has 0 aliphatic carbocycles. The van der Waals surface area contributed by atoms with Crippen molar-refractivity contribution in [2.45, 2.75) is 0 Å². The van der Waals surface area contributed by atoms with E-state index < -0.39 is 0 Å². The van der Waals surface area contributed by atoms with E-state index in [2.05, 4.69) is 5.32 Å². The molecule has 142 valence electrons. The molecule has 0 aromatic heterocycles. The van der Waals surface area contributed by atoms with Crippen LogP contribution in [0.2, 0.25) is 0 Å². The van der Waals surface area contributed by atoms with Crippen molar-refractivity contribution in [2.75, 3.05) is 5.32 Å². The lowest BCUT2D eigenvalue weighted by Crippen LogP contribution is -2.11. The maximum absolute atomic E-state index is 12.5. The minimum absolute atomic E-state index is 0.187. The van der Waals surface area contributed by atoms with Crippen LogP contribution in [0.3, 0.4) is 0 Å². The number of hydrogen-bond acceptors (Lipinski definition) is 3. The number of amides is 1. The Balaban J connectivity index is 1.36. The van der Waals surface area contributed by atoms with Gasteiger partial charge in [-0.1, -0.05) is 36.4 Å². The van der Waals surface area contributed by atoms with Gasteiger partial charge in [0, 0.05) is 11.3 Å². The molecule has 1 amide bonds. The van der Waals surface area contributed by atoms with Crippen LogP contribution in [-0.4, -0.2) is 5.91 Å². The van der Waals surface area contributed by atoms with Gasteiger partial charge in [-0.2, -0.15) is 0 Å². The van der Waals surface area contributed by atoms with Gasteiger partial charge in [0.15, 0.2) is 0 Å². The molecule has 29 heavy (non-hydrogen) atoms. The molecule has 0 aliphatic heterocycles. The largest absolute Gasteiger partial charge is 0.457 e. The Morgan fingerprint density at radius 2 is 0.931 bits per heavy atom. The van der Waals surface area contributed by atoms with E-state index in [1.165, 1.54) is 0 Å². The van der Waals surface area contributed by atoms with Crippen molar-refractivity contribution in [3.63, 3.8) is 0 Å². The molecule has 0 spiro atoms. The highest BCUT2D eigenvalue weighted by Gasteiger charge is 2.07. The van der Waals surface area contributed by atoms with E-state index >= 15 is 0 Å². The predicted octanol–water partition coefficient (Wildman–Crippen LogP) is 6.52. The molecule has 0 saturated carbocycles. The second-order valence-corrected chi connectivity index (χ2v) is 6.33. The Morgan fingerprint density at radius 3 is 1.41 bits per heavy atom. The summed E-state index contributed by atoms with van der Waals surface area (Å²) < 4.78 is 11.5. The van der Waals surface area contributed by atoms with Crippen LogP contribution in [0.5, 0.6) is 23.0 Å². The second-order valence-electron chi connectivity index (χ2n) is 6.33. The third-order valence-corrected chi connectivity index (χ3v) is 4.19. The molecule has 0 unspecified atom stereocenters. The minimum atomic E-state index is -0.187. The highest BCUT2D eigenvalue weighted by Crippen LogP contribution is 2.24. The van der Waals surface area contributed by atoms with Gasteiger partial charge >= 0.3 is 0 Å². The standard InChI is InChI=1S/C25H19NO3/c27-25(19-11-15-23(16-12-19)28-21-7-3-1-4-8-21)26-20-13-17-24(18-14-20)29-22-9-5-2-6-10-22/h1-18H,(H,26,27). The fourth-order valence-corrected chi connectivity index (χ4v) is 2.73. The lowest BCUT2D eigenvalue weighted by molar-refractivity contribution is 0.102. The van der Waals surface area contributed by atoms with Gasteiger partial charge in [-0.25, -0.2) is 0 Å². The molecule has 4 nitrogen and oxygen atoms in total. The number of carbonyl (C=O) groups excluding carboxylic acids is 1. The molecule has 4 aromatic carbocycles. The molecule has 1 N–H and O–H groups in total. The summed E-state index contributed by atoms with van der Waals surface area (Å²) in [4.78, 5) is 12.5. The van der Waals surface area contributed by atoms with Crippen LogP contribution < -0.4 is 14.8 Å². The SMILES string of the molecule is O=C(Nc1ccc(Oc2ccccc2)cc1)c1ccc(Oc2ccccc2)cc1. The fourth-order valence-electron chi connectivity index (χ4n) is 2.73. The van der Waals surface area contributed by atoms with Crippen LogP contribution in [0, 0.1) is 0 Å². The summed E-state index contributed by atoms with van der Waals surface area (Å²) in [6.07, 6.45) is 0. The van der Waals surface area contributed by atoms with Crippen molar-refractivity contribution in [2.24, 2.45) is 0 Å². The molecule has 4 rings (SSSR count). The molecule has 0 saturated heterocycles. The average molecular weight is 381 g/mol. The van der Waals surface area contributed by atoms with E-state index in [0.29, 0.717) is 22.7 Å². The smallest absolute Gasteiger partial charge is 0.255 e. The number of hydrogen-bond donors (Lipinski definition) is 1. The monoisotopic (exact) mass is 381 g/mol. The van der Waals surface area contributed by atoms with E-state index in [9.17, 15) is 4.79 Å². The first kappa shape index (κ1) is 18.3. The summed E-state index contributed by atoms with van der Waals surface area (Å²) in [6, 6.07) is 33.3. The highest BCUT2D eigenvalue weighted by molar-refractivity contribution is 6.04. The van der Waals surface area contributed by atoms with Crippen LogP contribution in [0.1, 0.15) is 10.4 Å². The van der Waals surface area contributed by atoms with Gasteiger partial charge in [-0.15, -0.1) is 0 Å². The first-order chi connectivity index (χ1) is 14.3. The van der Waals surface area contributed by atoms with Gasteiger partial charge < -0.3 is 14.8 Å². The summed E-state index contributed by atoms with van der Waals surface area (Å²) >= 11 is 0. The topological polar surface area (TPSA) is 47.6 Å². The first-order valence-corrected chi connectivity index (χ1v) is 9.23. The number of carbonyl (C=O) groups is 1. The number of anilines is 1. The predicted molar refractivity (Wildman–Crippen MR) is 114 cm³/mol. The quantitative estimate of drug-likeness (QED) is 0.413. The summed E-state index contributed by atoms with van der Waals surface area (Å²) in [7, 11) is 0. The lowest BCUT2D eigenvalue weighted by atomic mass is 10.2. The normalized spacial score (nSPS) is 10.2. The van der Waals surface area contributed by atoms with Crippen LogP contribution in [0.15, 0.2) is 109 Å². The van der Waals surface area contributed by atoms with Crippen molar-refractivity contribution in [1.29, 1.82) is 0 Å². The van der Waals surface area contributed by atoms with Crippen LogP contribution >= 0.6 is 0 Å². The Kier molecular flexibility index (Phi) is 5.53. The number of rotatable bonds is 6. The van der Waals surface area contributed by atoms with E-state index in [0.717, 1.165) is 11.5 Å². The van der Waals surface area contributed by atoms with Gasteiger partial charge in [0.25, 0.3) is 5.91 Å². The number of nitrogens with one attached hydrogen (secondary N) is 1. The van der Waals surface area contributed by atoms with Gasteiger partial charge in [0.2, 0.25) is 0 Å². The first-order valence-electron chi connectivity index (χ1n) is 9.23. The molecule has 0 aliphatic rings. The molecule has 0 bridgehead atoms. The number of para-hydroxylation sites is 2. The summed E-state index contributed by atoms with van der Waals surface area (Å²) in [6.45, 7) is 0. The highest BCUT2D eigenvalue weighted by atomic mass is 16.5. The summed E-state index contributed by atoms with van der Waals surface area (Å²) in [5.41, 5.74) is 1.25. The number of benzene rings is 4. The Morgan fingerprint density at radius 1 is 0.517 bits per heavy atom. The summed E-state index contributed by atoms with van der Waals surface area (Å²) in [5, 5.41) is 2.88. The fraction of sp³-hybridized carbons (Fsp3) is 0.